The van der Waals surface area contributed by atoms with E-state index < -0.39 is 28.7 Å². The average Bonchev–Trinajstić information content (AvgIpc) is 2.69. The first-order valence-electron chi connectivity index (χ1n) is 9.80. The molecule has 164 valence electrons. The van der Waals surface area contributed by atoms with Crippen molar-refractivity contribution < 1.29 is 24.4 Å². The largest absolute Gasteiger partial charge is 0.478 e. The number of aliphatic carboxylic acids is 1. The first-order chi connectivity index (χ1) is 14.6. The van der Waals surface area contributed by atoms with Gasteiger partial charge in [0, 0.05) is 23.0 Å². The van der Waals surface area contributed by atoms with E-state index in [1.807, 2.05) is 13.8 Å². The molecule has 0 radical (unpaired) electrons. The Morgan fingerprint density at radius 1 is 1.26 bits per heavy atom. The van der Waals surface area contributed by atoms with Gasteiger partial charge in [0.05, 0.1) is 34.0 Å². The molecule has 0 saturated carbocycles. The second-order valence-electron chi connectivity index (χ2n) is 7.81. The van der Waals surface area contributed by atoms with Gasteiger partial charge in [-0.25, -0.2) is 9.59 Å². The van der Waals surface area contributed by atoms with Crippen LogP contribution in [0.1, 0.15) is 45.6 Å². The van der Waals surface area contributed by atoms with Crippen molar-refractivity contribution in [1.82, 2.24) is 5.32 Å². The molecule has 2 N–H and O–H groups in total. The zero-order chi connectivity index (χ0) is 23.3. The maximum atomic E-state index is 13.0. The molecule has 2 unspecified atom stereocenters. The average molecular weight is 427 g/mol. The number of para-hydroxylation sites is 1. The third-order valence-corrected chi connectivity index (χ3v) is 5.01. The fourth-order valence-electron chi connectivity index (χ4n) is 3.74. The summed E-state index contributed by atoms with van der Waals surface area (Å²) in [7, 11) is 0. The molecule has 31 heavy (non-hydrogen) atoms. The highest BCUT2D eigenvalue weighted by Gasteiger charge is 2.40. The number of nitrogens with one attached hydrogen (secondary N) is 1. The zero-order valence-electron chi connectivity index (χ0n) is 17.8. The standard InChI is InChI=1S/C22H25N3O6/c1-12(2)9-15(10-23)11-31-22(28)19-14(4)24-13(3)18(21(26)27)20(19)16-7-5-6-8-17(16)25(29)30/h5-8,12,15,20,24H,9,11H2,1-4H3,(H,26,27). The van der Waals surface area contributed by atoms with Gasteiger partial charge in [0.15, 0.2) is 0 Å². The number of esters is 1. The van der Waals surface area contributed by atoms with Gasteiger partial charge in [0.25, 0.3) is 5.69 Å². The molecule has 0 spiro atoms. The van der Waals surface area contributed by atoms with E-state index in [-0.39, 0.29) is 40.6 Å². The van der Waals surface area contributed by atoms with Crippen LogP contribution in [0, 0.1) is 33.3 Å². The molecular formula is C22H25N3O6. The summed E-state index contributed by atoms with van der Waals surface area (Å²) in [5.74, 6) is -3.60. The van der Waals surface area contributed by atoms with Gasteiger partial charge in [-0.05, 0) is 26.2 Å². The van der Waals surface area contributed by atoms with Crippen LogP contribution in [0.2, 0.25) is 0 Å². The minimum absolute atomic E-state index is 0.0291. The number of carbonyl (C=O) groups is 2. The molecule has 1 aliphatic heterocycles. The SMILES string of the molecule is CC1=C(C(=O)O)C(c2ccccc2[N+](=O)[O-])C(C(=O)OCC(C#N)CC(C)C)=C(C)N1. The first kappa shape index (κ1) is 23.6. The van der Waals surface area contributed by atoms with E-state index >= 15 is 0 Å². The van der Waals surface area contributed by atoms with Crippen molar-refractivity contribution in [2.75, 3.05) is 6.61 Å². The Labute approximate surface area is 180 Å². The van der Waals surface area contributed by atoms with Crippen LogP contribution in [0.15, 0.2) is 46.8 Å². The van der Waals surface area contributed by atoms with Crippen molar-refractivity contribution in [2.24, 2.45) is 11.8 Å². The van der Waals surface area contributed by atoms with Crippen LogP contribution in [-0.4, -0.2) is 28.6 Å². The molecule has 1 heterocycles. The molecule has 1 aromatic rings. The van der Waals surface area contributed by atoms with Crippen LogP contribution in [0.25, 0.3) is 0 Å². The van der Waals surface area contributed by atoms with Crippen molar-refractivity contribution in [1.29, 1.82) is 5.26 Å². The fraction of sp³-hybridized carbons (Fsp3) is 0.409. The quantitative estimate of drug-likeness (QED) is 0.364. The Kier molecular flexibility index (Phi) is 7.53. The monoisotopic (exact) mass is 427 g/mol. The number of benzene rings is 1. The number of nitro groups is 1. The lowest BCUT2D eigenvalue weighted by Crippen LogP contribution is -2.32. The van der Waals surface area contributed by atoms with Gasteiger partial charge >= 0.3 is 11.9 Å². The van der Waals surface area contributed by atoms with Crippen LogP contribution < -0.4 is 5.32 Å². The molecule has 9 nitrogen and oxygen atoms in total. The molecule has 0 fully saturated rings. The number of ether oxygens (including phenoxy) is 1. The summed E-state index contributed by atoms with van der Waals surface area (Å²) in [5.41, 5.74) is 0.196. The Morgan fingerprint density at radius 3 is 2.42 bits per heavy atom. The molecule has 0 aliphatic carbocycles. The van der Waals surface area contributed by atoms with E-state index in [2.05, 4.69) is 11.4 Å². The molecule has 1 aliphatic rings. The molecule has 0 bridgehead atoms. The van der Waals surface area contributed by atoms with Gasteiger partial charge in [0.2, 0.25) is 0 Å². The van der Waals surface area contributed by atoms with Crippen LogP contribution in [0.5, 0.6) is 0 Å². The second kappa shape index (κ2) is 9.89. The molecular weight excluding hydrogens is 402 g/mol. The highest BCUT2D eigenvalue weighted by Crippen LogP contribution is 2.42. The van der Waals surface area contributed by atoms with Gasteiger partial charge in [-0.15, -0.1) is 0 Å². The second-order valence-corrected chi connectivity index (χ2v) is 7.81. The highest BCUT2D eigenvalue weighted by atomic mass is 16.6. The van der Waals surface area contributed by atoms with Crippen molar-refractivity contribution in [3.63, 3.8) is 0 Å². The molecule has 0 amide bonds. The maximum Gasteiger partial charge on any atom is 0.336 e. The lowest BCUT2D eigenvalue weighted by molar-refractivity contribution is -0.385. The summed E-state index contributed by atoms with van der Waals surface area (Å²) in [6.45, 7) is 6.85. The lowest BCUT2D eigenvalue weighted by atomic mass is 9.79. The van der Waals surface area contributed by atoms with Crippen molar-refractivity contribution in [3.05, 3.63) is 62.5 Å². The zero-order valence-corrected chi connectivity index (χ0v) is 17.8. The van der Waals surface area contributed by atoms with Crippen molar-refractivity contribution in [2.45, 2.75) is 40.0 Å². The fourth-order valence-corrected chi connectivity index (χ4v) is 3.74. The molecule has 0 aromatic heterocycles. The highest BCUT2D eigenvalue weighted by molar-refractivity contribution is 5.99. The minimum Gasteiger partial charge on any atom is -0.478 e. The van der Waals surface area contributed by atoms with Crippen LogP contribution in [-0.2, 0) is 14.3 Å². The van der Waals surface area contributed by atoms with E-state index in [0.29, 0.717) is 12.1 Å². The smallest absolute Gasteiger partial charge is 0.336 e. The summed E-state index contributed by atoms with van der Waals surface area (Å²) >= 11 is 0. The van der Waals surface area contributed by atoms with Crippen molar-refractivity contribution in [3.8, 4) is 6.07 Å². The van der Waals surface area contributed by atoms with Gasteiger partial charge < -0.3 is 15.2 Å². The van der Waals surface area contributed by atoms with E-state index in [0.717, 1.165) is 0 Å². The van der Waals surface area contributed by atoms with Crippen LogP contribution in [0.4, 0.5) is 5.69 Å². The minimum atomic E-state index is -1.30. The number of carbonyl (C=O) groups excluding carboxylic acids is 1. The number of hydrogen-bond acceptors (Lipinski definition) is 7. The van der Waals surface area contributed by atoms with Gasteiger partial charge in [-0.2, -0.15) is 5.26 Å². The number of hydrogen-bond donors (Lipinski definition) is 2. The topological polar surface area (TPSA) is 143 Å². The van der Waals surface area contributed by atoms with Gasteiger partial charge in [-0.3, -0.25) is 10.1 Å². The molecule has 2 rings (SSSR count). The summed E-state index contributed by atoms with van der Waals surface area (Å²) in [6, 6.07) is 7.81. The van der Waals surface area contributed by atoms with E-state index in [1.165, 1.54) is 25.1 Å². The summed E-state index contributed by atoms with van der Waals surface area (Å²) < 4.78 is 5.38. The van der Waals surface area contributed by atoms with E-state index in [4.69, 9.17) is 4.74 Å². The van der Waals surface area contributed by atoms with Gasteiger partial charge in [-0.1, -0.05) is 32.0 Å². The van der Waals surface area contributed by atoms with Crippen LogP contribution >= 0.6 is 0 Å². The number of carboxylic acid groups (broad SMARTS) is 1. The van der Waals surface area contributed by atoms with Crippen LogP contribution in [0.3, 0.4) is 0 Å². The normalized spacial score (nSPS) is 17.1. The van der Waals surface area contributed by atoms with Crippen molar-refractivity contribution >= 4 is 17.6 Å². The number of nitrogens with zero attached hydrogens (tertiary/aromatic N) is 2. The van der Waals surface area contributed by atoms with E-state index in [9.17, 15) is 30.1 Å². The maximum absolute atomic E-state index is 13.0. The summed E-state index contributed by atoms with van der Waals surface area (Å²) in [5, 5.41) is 33.6. The van der Waals surface area contributed by atoms with E-state index in [1.54, 1.807) is 13.0 Å². The summed E-state index contributed by atoms with van der Waals surface area (Å²) in [6.07, 6.45) is 0.535. The Hall–Kier alpha value is -3.67. The lowest BCUT2D eigenvalue weighted by Gasteiger charge is -2.29. The molecule has 0 saturated heterocycles. The number of carboxylic acids is 1. The Morgan fingerprint density at radius 2 is 1.87 bits per heavy atom. The molecule has 9 heteroatoms. The predicted molar refractivity (Wildman–Crippen MR) is 112 cm³/mol. The number of dihydropyridines is 1. The van der Waals surface area contributed by atoms with Gasteiger partial charge in [0.1, 0.15) is 6.61 Å². The Bertz CT molecular complexity index is 1000. The molecule has 2 atom stereocenters. The summed E-state index contributed by atoms with van der Waals surface area (Å²) in [4.78, 5) is 36.1. The number of nitro benzene ring substituents is 1. The Balaban J connectivity index is 2.53. The number of nitriles is 1. The third kappa shape index (κ3) is 5.28. The number of allylic oxidation sites excluding steroid dienone is 2. The number of rotatable bonds is 8. The predicted octanol–water partition coefficient (Wildman–Crippen LogP) is 3.64. The third-order valence-electron chi connectivity index (χ3n) is 5.01. The first-order valence-corrected chi connectivity index (χ1v) is 9.80. The molecule has 1 aromatic carbocycles.